The van der Waals surface area contributed by atoms with Crippen molar-refractivity contribution in [1.29, 1.82) is 0 Å². The summed E-state index contributed by atoms with van der Waals surface area (Å²) >= 11 is 0. The fourth-order valence-electron chi connectivity index (χ4n) is 20.8. The van der Waals surface area contributed by atoms with E-state index in [1.54, 1.807) is 65.8 Å². The number of piperidine rings is 1. The molecule has 0 spiro atoms. The summed E-state index contributed by atoms with van der Waals surface area (Å²) in [6.45, 7) is 10.5. The van der Waals surface area contributed by atoms with Gasteiger partial charge in [0.25, 0.3) is 17.7 Å². The van der Waals surface area contributed by atoms with Crippen LogP contribution in [0.2, 0.25) is 0 Å². The summed E-state index contributed by atoms with van der Waals surface area (Å²) < 4.78 is 63.4. The van der Waals surface area contributed by atoms with Crippen LogP contribution in [0, 0.1) is 51.0 Å². The molecule has 138 heavy (non-hydrogen) atoms. The number of pyridine rings is 4. The van der Waals surface area contributed by atoms with Crippen LogP contribution < -0.4 is 5.32 Å². The van der Waals surface area contributed by atoms with Crippen LogP contribution in [-0.2, 0) is 51.9 Å². The van der Waals surface area contributed by atoms with Crippen molar-refractivity contribution in [2.75, 3.05) is 33.2 Å². The Bertz CT molecular complexity index is 7340. The average Bonchev–Trinajstić information content (AvgIpc) is 1.62. The first-order chi connectivity index (χ1) is 64.7. The first-order valence-electron chi connectivity index (χ1n) is 45.4. The van der Waals surface area contributed by atoms with Crippen molar-refractivity contribution < 1.29 is 71.5 Å². The van der Waals surface area contributed by atoms with E-state index >= 15 is 0 Å². The van der Waals surface area contributed by atoms with Crippen molar-refractivity contribution in [3.05, 3.63) is 316 Å². The zero-order valence-corrected chi connectivity index (χ0v) is 78.6. The van der Waals surface area contributed by atoms with E-state index < -0.39 is 23.9 Å². The number of fused-ring (bicyclic) bond motifs is 8. The molecule has 10 heterocycles. The van der Waals surface area contributed by atoms with Crippen LogP contribution in [0.3, 0.4) is 0 Å². The van der Waals surface area contributed by atoms with Gasteiger partial charge in [0.15, 0.2) is 0 Å². The smallest absolute Gasteiger partial charge is 0.323 e. The summed E-state index contributed by atoms with van der Waals surface area (Å²) in [6, 6.07) is 62.7. The molecule has 8 aromatic carbocycles. The lowest BCUT2D eigenvalue weighted by atomic mass is 9.80. The summed E-state index contributed by atoms with van der Waals surface area (Å²) in [5, 5.41) is 47.7. The van der Waals surface area contributed by atoms with Crippen LogP contribution in [0.25, 0.3) is 92.8 Å². The molecular weight excluding hydrogens is 1820 g/mol. The van der Waals surface area contributed by atoms with Gasteiger partial charge in [-0.15, -0.1) is 37.2 Å². The molecule has 2 aliphatic heterocycles. The monoisotopic (exact) mass is 1930 g/mol. The predicted octanol–water partition coefficient (Wildman–Crippen LogP) is 22.4. The Hall–Kier alpha value is -13.9. The summed E-state index contributed by atoms with van der Waals surface area (Å²) in [6.07, 6.45) is 13.0. The molecule has 0 radical (unpaired) electrons. The number of carbonyl (C=O) groups is 7. The molecule has 5 N–H and O–H groups in total. The summed E-state index contributed by atoms with van der Waals surface area (Å²) in [5.41, 5.74) is 17.3. The molecule has 4 aliphatic rings. The number of para-hydroxylation sites is 3. The molecule has 716 valence electrons. The number of carboxylic acid groups (broad SMARTS) is 4. The second-order valence-corrected chi connectivity index (χ2v) is 35.4. The second kappa shape index (κ2) is 44.1. The fourth-order valence-corrected chi connectivity index (χ4v) is 20.8. The lowest BCUT2D eigenvalue weighted by Crippen LogP contribution is -2.39. The van der Waals surface area contributed by atoms with Crippen LogP contribution >= 0.6 is 37.2 Å². The van der Waals surface area contributed by atoms with Gasteiger partial charge in [0.1, 0.15) is 60.8 Å². The Kier molecular flexibility index (Phi) is 32.4. The number of hydrogen-bond donors (Lipinski definition) is 5. The van der Waals surface area contributed by atoms with Gasteiger partial charge >= 0.3 is 23.9 Å². The standard InChI is InChI=1S/C28H28FN3O3.C27H26FN3O3.C26H24FN3O3.C26H24FN3O2.CH4.3ClH/c1-17-27(22-15-20(29)10-14-25(22)32(17)16-26(33)34)19-7-11-21(12-8-19)31(2)28(35)24-13-9-18-5-3-4-6-23(18)30-24;1-16-26(22-14-18(28)9-12-24(22)31(16)15-25(32)33)17-7-10-19(11-8-17)30-27(34)21-4-2-6-23-20(21)5-3-13-29-23;1-16-25(20-13-19(27)9-11-23(20)30(16)15-24(31)32)18-6-4-12-29(14-18)26(33)22-10-8-17-5-2-3-7-21(17)28-22;1-17-26(22-14-20(27)7-9-24(22)30(17)16-25(31)32)19-10-12-29(13-11-19)15-21-8-6-18-4-2-3-5-23(18)28-21;;;;/h3-6,9-10,13-15,19,21H,7-8,11-12,16H2,1-2H3,(H,33,34);2-6,9,12-14,17,19H,7-8,10-11,15H2,1H3,(H,30,34)(H,32,33);2-3,5,7-11,13,18H,4,6,12,14-15H2,1H3,(H,31,32);2-10,14H,11-13,15-16H2,1H3,(H,31,32);1H4;3*1H. The number of nitrogens with zero attached hydrogens (tertiary/aromatic N) is 11. The van der Waals surface area contributed by atoms with E-state index in [2.05, 4.69) is 49.4 Å². The zero-order valence-electron chi connectivity index (χ0n) is 76.2. The van der Waals surface area contributed by atoms with Crippen molar-refractivity contribution in [3.63, 3.8) is 0 Å². The molecule has 8 aromatic heterocycles. The Morgan fingerprint density at radius 1 is 0.435 bits per heavy atom. The normalized spacial score (nSPS) is 16.5. The van der Waals surface area contributed by atoms with Gasteiger partial charge in [0.2, 0.25) is 0 Å². The van der Waals surface area contributed by atoms with Gasteiger partial charge in [-0.1, -0.05) is 98.4 Å². The molecule has 30 heteroatoms. The number of hydrogen-bond acceptors (Lipinski definition) is 12. The quantitative estimate of drug-likeness (QED) is 0.0470. The number of aromatic nitrogens is 8. The van der Waals surface area contributed by atoms with Crippen molar-refractivity contribution in [1.82, 2.24) is 58.2 Å². The fraction of sp³-hybridized carbons (Fsp3) is 0.287. The van der Waals surface area contributed by atoms with Crippen LogP contribution in [0.4, 0.5) is 17.6 Å². The molecule has 3 amide bonds. The molecule has 1 saturated heterocycles. The van der Waals surface area contributed by atoms with Crippen molar-refractivity contribution in [2.24, 2.45) is 0 Å². The van der Waals surface area contributed by atoms with Crippen LogP contribution in [0.5, 0.6) is 0 Å². The van der Waals surface area contributed by atoms with E-state index in [9.17, 15) is 71.5 Å². The number of benzene rings is 8. The van der Waals surface area contributed by atoms with E-state index in [1.165, 1.54) is 48.5 Å². The summed E-state index contributed by atoms with van der Waals surface area (Å²) in [5.74, 6) is -4.98. The number of nitrogens with one attached hydrogen (secondary N) is 1. The molecule has 23 nitrogen and oxygen atoms in total. The molecule has 1 unspecified atom stereocenters. The van der Waals surface area contributed by atoms with Gasteiger partial charge in [0, 0.05) is 163 Å². The highest BCUT2D eigenvalue weighted by Gasteiger charge is 2.36. The maximum absolute atomic E-state index is 14.1. The van der Waals surface area contributed by atoms with Gasteiger partial charge in [-0.05, 0) is 260 Å². The Labute approximate surface area is 813 Å². The van der Waals surface area contributed by atoms with Gasteiger partial charge in [-0.2, -0.15) is 0 Å². The largest absolute Gasteiger partial charge is 0.480 e. The SMILES string of the molecule is C.Cc1c(C2=CCN(Cc3ccc4ccccc4n3)CC2)c2cc(F)ccc2n1CC(=O)O.Cc1c(C2CCC(N(C)C(=O)c3ccc4ccccc4n3)CC2)c2cc(F)ccc2n1CC(=O)O.Cc1c(C2CCC(NC(=O)c3cccc4ncccc34)CC2)c2cc(F)ccc2n1CC(=O)O.Cc1c(C2CCCN(C(=O)c3ccc4ccccc4n3)C2)c2cc(F)ccc2n1CC(=O)O.Cl.Cl.Cl. The van der Waals surface area contributed by atoms with E-state index in [0.717, 1.165) is 228 Å². The highest BCUT2D eigenvalue weighted by atomic mass is 35.5. The molecule has 3 fully saturated rings. The maximum atomic E-state index is 14.1. The van der Waals surface area contributed by atoms with Crippen LogP contribution in [0.1, 0.15) is 178 Å². The minimum atomic E-state index is -0.950. The summed E-state index contributed by atoms with van der Waals surface area (Å²) in [4.78, 5) is 109. The van der Waals surface area contributed by atoms with E-state index in [4.69, 9.17) is 4.98 Å². The number of likely N-dealkylation sites (tertiary alicyclic amines) is 1. The van der Waals surface area contributed by atoms with Gasteiger partial charge in [0.05, 0.1) is 27.8 Å². The minimum absolute atomic E-state index is 0. The average molecular weight is 1930 g/mol. The highest BCUT2D eigenvalue weighted by Crippen LogP contribution is 2.45. The van der Waals surface area contributed by atoms with Crippen molar-refractivity contribution in [3.8, 4) is 0 Å². The lowest BCUT2D eigenvalue weighted by molar-refractivity contribution is -0.138. The van der Waals surface area contributed by atoms with Gasteiger partial charge in [-0.3, -0.25) is 48.4 Å². The molecule has 20 rings (SSSR count). The van der Waals surface area contributed by atoms with Gasteiger partial charge < -0.3 is 53.8 Å². The third kappa shape index (κ3) is 21.7. The molecular formula is C108H109Cl3F4N12O11. The topological polar surface area (TPSA) is 293 Å². The van der Waals surface area contributed by atoms with Crippen LogP contribution in [0.15, 0.2) is 225 Å². The number of aliphatic carboxylic acids is 4. The Balaban J connectivity index is 0.000000154. The maximum Gasteiger partial charge on any atom is 0.323 e. The van der Waals surface area contributed by atoms with Crippen molar-refractivity contribution in [2.45, 2.75) is 168 Å². The Morgan fingerprint density at radius 2 is 0.870 bits per heavy atom. The third-order valence-corrected chi connectivity index (χ3v) is 27.2. The minimum Gasteiger partial charge on any atom is -0.480 e. The summed E-state index contributed by atoms with van der Waals surface area (Å²) in [7, 11) is 1.84. The first kappa shape index (κ1) is 102. The number of carbonyl (C=O) groups excluding carboxylic acids is 3. The third-order valence-electron chi connectivity index (χ3n) is 27.2. The predicted molar refractivity (Wildman–Crippen MR) is 538 cm³/mol. The van der Waals surface area contributed by atoms with E-state index in [-0.39, 0.29) is 142 Å². The van der Waals surface area contributed by atoms with Crippen LogP contribution in [-0.4, -0.2) is 160 Å². The molecule has 2 aliphatic carbocycles. The molecule has 2 saturated carbocycles. The van der Waals surface area contributed by atoms with E-state index in [1.807, 2.05) is 149 Å². The number of carboxylic acids is 4. The molecule has 0 bridgehead atoms. The van der Waals surface area contributed by atoms with Gasteiger partial charge in [-0.25, -0.2) is 27.5 Å². The number of amides is 3. The first-order valence-corrected chi connectivity index (χ1v) is 45.4. The highest BCUT2D eigenvalue weighted by molar-refractivity contribution is 6.06. The molecule has 1 atom stereocenters. The Morgan fingerprint density at radius 3 is 1.36 bits per heavy atom. The second-order valence-electron chi connectivity index (χ2n) is 35.4. The molecule has 16 aromatic rings. The van der Waals surface area contributed by atoms with Crippen molar-refractivity contribution >= 4 is 172 Å². The zero-order chi connectivity index (χ0) is 93.9. The number of halogens is 7. The van der Waals surface area contributed by atoms with E-state index in [0.29, 0.717) is 35.6 Å². The number of rotatable bonds is 19. The lowest BCUT2D eigenvalue weighted by Gasteiger charge is -2.35.